The highest BCUT2D eigenvalue weighted by Gasteiger charge is 2.06. The van der Waals surface area contributed by atoms with Crippen molar-refractivity contribution >= 4 is 23.7 Å². The number of carbonyl (C=O) groups excluding carboxylic acids is 1. The van der Waals surface area contributed by atoms with Gasteiger partial charge in [0.05, 0.1) is 18.3 Å². The quantitative estimate of drug-likeness (QED) is 0.643. The summed E-state index contributed by atoms with van der Waals surface area (Å²) in [5, 5.41) is 4.37. The number of amides is 1. The van der Waals surface area contributed by atoms with Crippen molar-refractivity contribution in [3.05, 3.63) is 58.1 Å². The summed E-state index contributed by atoms with van der Waals surface area (Å²) in [7, 11) is 1.55. The number of hydrogen-bond donors (Lipinski definition) is 1. The van der Waals surface area contributed by atoms with Gasteiger partial charge in [0.15, 0.2) is 6.61 Å². The third kappa shape index (κ3) is 4.73. The van der Waals surface area contributed by atoms with Crippen LogP contribution in [0.2, 0.25) is 5.02 Å². The Morgan fingerprint density at radius 2 is 1.96 bits per heavy atom. The average Bonchev–Trinajstić information content (AvgIpc) is 2.54. The van der Waals surface area contributed by atoms with Gasteiger partial charge in [-0.05, 0) is 48.7 Å². The molecule has 24 heavy (non-hydrogen) atoms. The van der Waals surface area contributed by atoms with Crippen molar-refractivity contribution in [2.45, 2.75) is 13.8 Å². The molecule has 0 radical (unpaired) electrons. The zero-order valence-corrected chi connectivity index (χ0v) is 14.6. The number of nitrogens with one attached hydrogen (secondary N) is 1. The van der Waals surface area contributed by atoms with Gasteiger partial charge in [-0.15, -0.1) is 0 Å². The van der Waals surface area contributed by atoms with Crippen molar-refractivity contribution in [1.29, 1.82) is 0 Å². The maximum absolute atomic E-state index is 11.8. The fourth-order valence-corrected chi connectivity index (χ4v) is 2.40. The molecule has 1 N–H and O–H groups in total. The second-order valence-electron chi connectivity index (χ2n) is 5.20. The molecule has 1 amide bonds. The molecule has 0 aliphatic carbocycles. The summed E-state index contributed by atoms with van der Waals surface area (Å²) in [5.74, 6) is 0.965. The summed E-state index contributed by atoms with van der Waals surface area (Å²) in [5.41, 5.74) is 5.14. The molecule has 0 aromatic heterocycles. The second-order valence-corrected chi connectivity index (χ2v) is 5.60. The molecular formula is C18H19ClN2O3. The van der Waals surface area contributed by atoms with Gasteiger partial charge in [0.2, 0.25) is 0 Å². The molecule has 2 aromatic rings. The summed E-state index contributed by atoms with van der Waals surface area (Å²) in [6.07, 6.45) is 1.50. The van der Waals surface area contributed by atoms with Gasteiger partial charge >= 0.3 is 0 Å². The molecule has 0 atom stereocenters. The van der Waals surface area contributed by atoms with Gasteiger partial charge in [0.1, 0.15) is 11.5 Å². The number of halogens is 1. The van der Waals surface area contributed by atoms with Crippen LogP contribution in [0.1, 0.15) is 16.7 Å². The second kappa shape index (κ2) is 8.36. The van der Waals surface area contributed by atoms with E-state index in [2.05, 4.69) is 10.5 Å². The molecule has 6 heteroatoms. The number of hydrogen-bond acceptors (Lipinski definition) is 4. The van der Waals surface area contributed by atoms with Gasteiger partial charge in [0, 0.05) is 0 Å². The Hall–Kier alpha value is -2.53. The Labute approximate surface area is 146 Å². The number of benzene rings is 2. The Bertz CT molecular complexity index is 740. The van der Waals surface area contributed by atoms with Crippen LogP contribution < -0.4 is 14.9 Å². The van der Waals surface area contributed by atoms with Crippen LogP contribution in [-0.4, -0.2) is 25.8 Å². The molecule has 0 heterocycles. The molecule has 5 nitrogen and oxygen atoms in total. The number of para-hydroxylation sites is 1. The number of aryl methyl sites for hydroxylation is 2. The first-order chi connectivity index (χ1) is 11.5. The van der Waals surface area contributed by atoms with Crippen molar-refractivity contribution < 1.29 is 14.3 Å². The minimum absolute atomic E-state index is 0.105. The van der Waals surface area contributed by atoms with Crippen LogP contribution in [-0.2, 0) is 4.79 Å². The van der Waals surface area contributed by atoms with Crippen LogP contribution in [0.5, 0.6) is 11.5 Å². The molecule has 0 spiro atoms. The predicted molar refractivity (Wildman–Crippen MR) is 95.2 cm³/mol. The van der Waals surface area contributed by atoms with E-state index in [9.17, 15) is 4.79 Å². The van der Waals surface area contributed by atoms with Crippen LogP contribution in [0.4, 0.5) is 0 Å². The van der Waals surface area contributed by atoms with Crippen LogP contribution in [0, 0.1) is 13.8 Å². The minimum atomic E-state index is -0.339. The van der Waals surface area contributed by atoms with Crippen molar-refractivity contribution in [3.8, 4) is 11.5 Å². The standard InChI is InChI=1S/C18H19ClN2O3/c1-12-5-4-6-13(2)18(12)24-11-17(22)21-20-10-14-7-8-16(23-3)15(19)9-14/h4-10H,11H2,1-3H3,(H,21,22)/b20-10+. The lowest BCUT2D eigenvalue weighted by molar-refractivity contribution is -0.123. The summed E-state index contributed by atoms with van der Waals surface area (Å²) < 4.78 is 10.6. The Balaban J connectivity index is 1.88. The first kappa shape index (κ1) is 17.8. The van der Waals surface area contributed by atoms with Crippen molar-refractivity contribution in [2.24, 2.45) is 5.10 Å². The summed E-state index contributed by atoms with van der Waals surface area (Å²) >= 11 is 6.02. The highest BCUT2D eigenvalue weighted by molar-refractivity contribution is 6.32. The Morgan fingerprint density at radius 1 is 1.25 bits per heavy atom. The molecule has 0 bridgehead atoms. The number of ether oxygens (including phenoxy) is 2. The van der Waals surface area contributed by atoms with Crippen LogP contribution in [0.15, 0.2) is 41.5 Å². The third-order valence-corrected chi connectivity index (χ3v) is 3.63. The van der Waals surface area contributed by atoms with Gasteiger partial charge in [-0.1, -0.05) is 29.8 Å². The van der Waals surface area contributed by atoms with Crippen molar-refractivity contribution in [3.63, 3.8) is 0 Å². The van der Waals surface area contributed by atoms with Crippen molar-refractivity contribution in [2.75, 3.05) is 13.7 Å². The largest absolute Gasteiger partial charge is 0.495 e. The highest BCUT2D eigenvalue weighted by atomic mass is 35.5. The van der Waals surface area contributed by atoms with Crippen LogP contribution in [0.25, 0.3) is 0 Å². The third-order valence-electron chi connectivity index (χ3n) is 3.34. The van der Waals surface area contributed by atoms with Gasteiger partial charge < -0.3 is 9.47 Å². The molecule has 0 saturated carbocycles. The van der Waals surface area contributed by atoms with Gasteiger partial charge in [-0.25, -0.2) is 5.43 Å². The summed E-state index contributed by atoms with van der Waals surface area (Å²) in [4.78, 5) is 11.8. The molecule has 0 saturated heterocycles. The number of hydrazone groups is 1. The molecule has 0 unspecified atom stereocenters. The first-order valence-electron chi connectivity index (χ1n) is 7.35. The fourth-order valence-electron chi connectivity index (χ4n) is 2.14. The van der Waals surface area contributed by atoms with E-state index in [1.807, 2.05) is 32.0 Å². The molecule has 0 aliphatic heterocycles. The zero-order valence-electron chi connectivity index (χ0n) is 13.8. The van der Waals surface area contributed by atoms with Gasteiger partial charge in [-0.3, -0.25) is 4.79 Å². The highest BCUT2D eigenvalue weighted by Crippen LogP contribution is 2.24. The topological polar surface area (TPSA) is 59.9 Å². The fraction of sp³-hybridized carbons (Fsp3) is 0.222. The predicted octanol–water partition coefficient (Wildman–Crippen LogP) is 3.49. The lowest BCUT2D eigenvalue weighted by atomic mass is 10.1. The van der Waals surface area contributed by atoms with E-state index in [1.54, 1.807) is 25.3 Å². The lowest BCUT2D eigenvalue weighted by Crippen LogP contribution is -2.25. The van der Waals surface area contributed by atoms with E-state index in [1.165, 1.54) is 6.21 Å². The Morgan fingerprint density at radius 3 is 2.58 bits per heavy atom. The van der Waals surface area contributed by atoms with E-state index in [4.69, 9.17) is 21.1 Å². The number of nitrogens with zero attached hydrogens (tertiary/aromatic N) is 1. The van der Waals surface area contributed by atoms with Gasteiger partial charge in [0.25, 0.3) is 5.91 Å². The summed E-state index contributed by atoms with van der Waals surface area (Å²) in [6.45, 7) is 3.77. The van der Waals surface area contributed by atoms with E-state index < -0.39 is 0 Å². The summed E-state index contributed by atoms with van der Waals surface area (Å²) in [6, 6.07) is 11.0. The minimum Gasteiger partial charge on any atom is -0.495 e. The molecule has 0 fully saturated rings. The SMILES string of the molecule is COc1ccc(/C=N/NC(=O)COc2c(C)cccc2C)cc1Cl. The van der Waals surface area contributed by atoms with Crippen molar-refractivity contribution in [1.82, 2.24) is 5.43 Å². The number of carbonyl (C=O) groups is 1. The molecule has 126 valence electrons. The Kier molecular flexibility index (Phi) is 6.21. The molecule has 0 aliphatic rings. The first-order valence-corrected chi connectivity index (χ1v) is 7.73. The smallest absolute Gasteiger partial charge is 0.277 e. The van der Waals surface area contributed by atoms with Crippen LogP contribution in [0.3, 0.4) is 0 Å². The van der Waals surface area contributed by atoms with E-state index in [0.29, 0.717) is 10.8 Å². The van der Waals surface area contributed by atoms with E-state index in [-0.39, 0.29) is 12.5 Å². The monoisotopic (exact) mass is 346 g/mol. The molecule has 2 aromatic carbocycles. The maximum Gasteiger partial charge on any atom is 0.277 e. The zero-order chi connectivity index (χ0) is 17.5. The van der Waals surface area contributed by atoms with Gasteiger partial charge in [-0.2, -0.15) is 5.10 Å². The number of methoxy groups -OCH3 is 1. The molecule has 2 rings (SSSR count). The van der Waals surface area contributed by atoms with Crippen LogP contribution >= 0.6 is 11.6 Å². The van der Waals surface area contributed by atoms with E-state index in [0.717, 1.165) is 22.4 Å². The average molecular weight is 347 g/mol. The lowest BCUT2D eigenvalue weighted by Gasteiger charge is -2.10. The number of rotatable bonds is 6. The maximum atomic E-state index is 11.8. The van der Waals surface area contributed by atoms with E-state index >= 15 is 0 Å². The molecular weight excluding hydrogens is 328 g/mol. The normalized spacial score (nSPS) is 10.7.